The summed E-state index contributed by atoms with van der Waals surface area (Å²) in [5, 5.41) is 6.81. The number of anilines is 1. The molecule has 3 heterocycles. The zero-order valence-corrected chi connectivity index (χ0v) is 15.5. The predicted octanol–water partition coefficient (Wildman–Crippen LogP) is 3.17. The van der Waals surface area contributed by atoms with Gasteiger partial charge in [0, 0.05) is 6.20 Å². The molecule has 1 aromatic carbocycles. The maximum Gasteiger partial charge on any atom is 0.241 e. The second-order valence-electron chi connectivity index (χ2n) is 6.64. The number of ether oxygens (including phenoxy) is 1. The van der Waals surface area contributed by atoms with E-state index < -0.39 is 0 Å². The lowest BCUT2D eigenvalue weighted by atomic mass is 10.2. The van der Waals surface area contributed by atoms with Gasteiger partial charge in [0.05, 0.1) is 24.5 Å². The number of pyridine rings is 1. The van der Waals surface area contributed by atoms with Gasteiger partial charge in [-0.1, -0.05) is 17.3 Å². The quantitative estimate of drug-likeness (QED) is 0.703. The SMILES string of the molecule is Cc1noc(CN2CCCC2C(=O)Nc2ccccc2Oc2cccnc2)n1. The van der Waals surface area contributed by atoms with E-state index in [2.05, 4.69) is 25.3 Å². The molecule has 1 aliphatic heterocycles. The molecule has 1 saturated heterocycles. The summed E-state index contributed by atoms with van der Waals surface area (Å²) >= 11 is 0. The van der Waals surface area contributed by atoms with Gasteiger partial charge < -0.3 is 14.6 Å². The highest BCUT2D eigenvalue weighted by atomic mass is 16.5. The van der Waals surface area contributed by atoms with Crippen molar-refractivity contribution in [2.75, 3.05) is 11.9 Å². The van der Waals surface area contributed by atoms with Gasteiger partial charge in [-0.05, 0) is 50.6 Å². The van der Waals surface area contributed by atoms with Crippen LogP contribution in [0.4, 0.5) is 5.69 Å². The highest BCUT2D eigenvalue weighted by Crippen LogP contribution is 2.30. The van der Waals surface area contributed by atoms with Crippen LogP contribution in [0.2, 0.25) is 0 Å². The van der Waals surface area contributed by atoms with E-state index in [1.165, 1.54) is 0 Å². The number of amides is 1. The molecule has 0 spiro atoms. The molecule has 144 valence electrons. The van der Waals surface area contributed by atoms with Gasteiger partial charge in [-0.3, -0.25) is 14.7 Å². The number of aryl methyl sites for hydroxylation is 1. The van der Waals surface area contributed by atoms with Gasteiger partial charge >= 0.3 is 0 Å². The number of nitrogens with zero attached hydrogens (tertiary/aromatic N) is 4. The summed E-state index contributed by atoms with van der Waals surface area (Å²) in [6.07, 6.45) is 5.04. The van der Waals surface area contributed by atoms with E-state index in [-0.39, 0.29) is 11.9 Å². The van der Waals surface area contributed by atoms with Crippen LogP contribution in [-0.2, 0) is 11.3 Å². The average Bonchev–Trinajstić information content (AvgIpc) is 3.33. The molecule has 8 heteroatoms. The molecule has 1 unspecified atom stereocenters. The number of nitrogens with one attached hydrogen (secondary N) is 1. The minimum atomic E-state index is -0.251. The topological polar surface area (TPSA) is 93.4 Å². The molecule has 1 N–H and O–H groups in total. The lowest BCUT2D eigenvalue weighted by Gasteiger charge is -2.22. The van der Waals surface area contributed by atoms with Crippen LogP contribution in [0.5, 0.6) is 11.5 Å². The van der Waals surface area contributed by atoms with Crippen molar-refractivity contribution in [3.8, 4) is 11.5 Å². The summed E-state index contributed by atoms with van der Waals surface area (Å²) in [7, 11) is 0. The number of hydrogen-bond acceptors (Lipinski definition) is 7. The minimum Gasteiger partial charge on any atom is -0.454 e. The Kier molecular flexibility index (Phi) is 5.29. The Bertz CT molecular complexity index is 944. The Morgan fingerprint density at radius 1 is 1.32 bits per heavy atom. The summed E-state index contributed by atoms with van der Waals surface area (Å²) in [6, 6.07) is 10.7. The lowest BCUT2D eigenvalue weighted by Crippen LogP contribution is -2.39. The fourth-order valence-electron chi connectivity index (χ4n) is 3.30. The van der Waals surface area contributed by atoms with Gasteiger partial charge in [-0.2, -0.15) is 4.98 Å². The molecule has 4 rings (SSSR count). The number of para-hydroxylation sites is 2. The van der Waals surface area contributed by atoms with Gasteiger partial charge in [0.25, 0.3) is 0 Å². The van der Waals surface area contributed by atoms with Crippen LogP contribution >= 0.6 is 0 Å². The number of rotatable bonds is 6. The van der Waals surface area contributed by atoms with E-state index in [1.54, 1.807) is 25.4 Å². The van der Waals surface area contributed by atoms with Gasteiger partial charge in [-0.25, -0.2) is 0 Å². The molecule has 0 radical (unpaired) electrons. The first-order chi connectivity index (χ1) is 13.7. The van der Waals surface area contributed by atoms with Crippen LogP contribution in [-0.4, -0.2) is 38.5 Å². The van der Waals surface area contributed by atoms with Crippen molar-refractivity contribution >= 4 is 11.6 Å². The summed E-state index contributed by atoms with van der Waals surface area (Å²) in [4.78, 5) is 23.3. The van der Waals surface area contributed by atoms with Crippen LogP contribution in [0.25, 0.3) is 0 Å². The Balaban J connectivity index is 1.45. The number of carbonyl (C=O) groups excluding carboxylic acids is 1. The zero-order chi connectivity index (χ0) is 19.3. The third-order valence-corrected chi connectivity index (χ3v) is 4.58. The van der Waals surface area contributed by atoms with Crippen molar-refractivity contribution in [2.24, 2.45) is 0 Å². The van der Waals surface area contributed by atoms with Gasteiger partial charge in [-0.15, -0.1) is 0 Å². The highest BCUT2D eigenvalue weighted by molar-refractivity contribution is 5.96. The number of hydrogen-bond donors (Lipinski definition) is 1. The fourth-order valence-corrected chi connectivity index (χ4v) is 3.30. The monoisotopic (exact) mass is 379 g/mol. The first kappa shape index (κ1) is 18.1. The van der Waals surface area contributed by atoms with Crippen LogP contribution in [0.1, 0.15) is 24.6 Å². The minimum absolute atomic E-state index is 0.0732. The average molecular weight is 379 g/mol. The number of likely N-dealkylation sites (tertiary alicyclic amines) is 1. The van der Waals surface area contributed by atoms with E-state index in [4.69, 9.17) is 9.26 Å². The summed E-state index contributed by atoms with van der Waals surface area (Å²) in [5.74, 6) is 2.23. The van der Waals surface area contributed by atoms with Crippen molar-refractivity contribution < 1.29 is 14.1 Å². The largest absolute Gasteiger partial charge is 0.454 e. The molecule has 0 bridgehead atoms. The summed E-state index contributed by atoms with van der Waals surface area (Å²) in [6.45, 7) is 3.06. The van der Waals surface area contributed by atoms with Crippen molar-refractivity contribution in [3.05, 3.63) is 60.5 Å². The number of aromatic nitrogens is 3. The van der Waals surface area contributed by atoms with Gasteiger partial charge in [0.2, 0.25) is 11.8 Å². The molecule has 0 saturated carbocycles. The Morgan fingerprint density at radius 2 is 2.21 bits per heavy atom. The van der Waals surface area contributed by atoms with Crippen LogP contribution in [0.15, 0.2) is 53.3 Å². The van der Waals surface area contributed by atoms with Gasteiger partial charge in [0.15, 0.2) is 11.6 Å². The van der Waals surface area contributed by atoms with Crippen LogP contribution in [0, 0.1) is 6.92 Å². The molecule has 0 aliphatic carbocycles. The van der Waals surface area contributed by atoms with Gasteiger partial charge in [0.1, 0.15) is 5.75 Å². The van der Waals surface area contributed by atoms with E-state index >= 15 is 0 Å². The molecule has 1 fully saturated rings. The standard InChI is InChI=1S/C20H21N5O3/c1-14-22-19(28-24-14)13-25-11-5-8-17(25)20(26)23-16-7-2-3-9-18(16)27-15-6-4-10-21-12-15/h2-4,6-7,9-10,12,17H,5,8,11,13H2,1H3,(H,23,26). The Hall–Kier alpha value is -3.26. The molecular formula is C20H21N5O3. The molecule has 1 atom stereocenters. The van der Waals surface area contributed by atoms with Crippen LogP contribution < -0.4 is 10.1 Å². The smallest absolute Gasteiger partial charge is 0.241 e. The predicted molar refractivity (Wildman–Crippen MR) is 102 cm³/mol. The maximum absolute atomic E-state index is 12.9. The second-order valence-corrected chi connectivity index (χ2v) is 6.64. The summed E-state index contributed by atoms with van der Waals surface area (Å²) in [5.41, 5.74) is 0.622. The Morgan fingerprint density at radius 3 is 3.00 bits per heavy atom. The highest BCUT2D eigenvalue weighted by Gasteiger charge is 2.32. The van der Waals surface area contributed by atoms with Crippen molar-refractivity contribution in [1.29, 1.82) is 0 Å². The number of benzene rings is 1. The third kappa shape index (κ3) is 4.17. The molecule has 2 aromatic heterocycles. The zero-order valence-electron chi connectivity index (χ0n) is 15.5. The first-order valence-corrected chi connectivity index (χ1v) is 9.20. The second kappa shape index (κ2) is 8.18. The van der Waals surface area contributed by atoms with E-state index in [0.29, 0.717) is 35.4 Å². The van der Waals surface area contributed by atoms with E-state index in [1.807, 2.05) is 30.3 Å². The normalized spacial score (nSPS) is 16.8. The molecular weight excluding hydrogens is 358 g/mol. The lowest BCUT2D eigenvalue weighted by molar-refractivity contribution is -0.120. The van der Waals surface area contributed by atoms with Crippen molar-refractivity contribution in [3.63, 3.8) is 0 Å². The van der Waals surface area contributed by atoms with E-state index in [9.17, 15) is 4.79 Å². The number of carbonyl (C=O) groups is 1. The van der Waals surface area contributed by atoms with Crippen molar-refractivity contribution in [1.82, 2.24) is 20.0 Å². The van der Waals surface area contributed by atoms with Crippen molar-refractivity contribution in [2.45, 2.75) is 32.4 Å². The molecule has 1 amide bonds. The van der Waals surface area contributed by atoms with E-state index in [0.717, 1.165) is 19.4 Å². The Labute approximate surface area is 162 Å². The summed E-state index contributed by atoms with van der Waals surface area (Å²) < 4.78 is 11.1. The van der Waals surface area contributed by atoms with Crippen LogP contribution in [0.3, 0.4) is 0 Å². The molecule has 28 heavy (non-hydrogen) atoms. The third-order valence-electron chi connectivity index (χ3n) is 4.58. The fraction of sp³-hybridized carbons (Fsp3) is 0.300. The maximum atomic E-state index is 12.9. The molecule has 1 aliphatic rings. The molecule has 3 aromatic rings. The molecule has 8 nitrogen and oxygen atoms in total. The first-order valence-electron chi connectivity index (χ1n) is 9.20.